The summed E-state index contributed by atoms with van der Waals surface area (Å²) in [6.45, 7) is 9.05. The third kappa shape index (κ3) is 5.40. The van der Waals surface area contributed by atoms with Gasteiger partial charge in [0.2, 0.25) is 5.91 Å². The number of piperidine rings is 1. The molecule has 1 aromatic rings. The number of likely N-dealkylation sites (tertiary alicyclic amines) is 1. The van der Waals surface area contributed by atoms with E-state index in [4.69, 9.17) is 9.47 Å². The third-order valence-corrected chi connectivity index (χ3v) is 4.91. The fourth-order valence-electron chi connectivity index (χ4n) is 3.47. The Morgan fingerprint density at radius 1 is 1.14 bits per heavy atom. The van der Waals surface area contributed by atoms with Gasteiger partial charge in [0.05, 0.1) is 0 Å². The van der Waals surface area contributed by atoms with Crippen LogP contribution in [0.3, 0.4) is 0 Å². The van der Waals surface area contributed by atoms with E-state index in [0.717, 1.165) is 29.8 Å². The monoisotopic (exact) mass is 403 g/mol. The zero-order valence-corrected chi connectivity index (χ0v) is 17.5. The van der Waals surface area contributed by atoms with Crippen LogP contribution in [0.1, 0.15) is 45.6 Å². The van der Waals surface area contributed by atoms with E-state index in [-0.39, 0.29) is 18.1 Å². The van der Waals surface area contributed by atoms with Crippen LogP contribution in [0.25, 0.3) is 0 Å². The molecule has 0 saturated carbocycles. The Morgan fingerprint density at radius 2 is 1.83 bits per heavy atom. The third-order valence-electron chi connectivity index (χ3n) is 4.91. The molecule has 8 heteroatoms. The lowest BCUT2D eigenvalue weighted by Gasteiger charge is -2.33. The Balaban J connectivity index is 1.55. The molecule has 2 heterocycles. The minimum atomic E-state index is -0.498. The first-order valence-corrected chi connectivity index (χ1v) is 9.99. The topological polar surface area (TPSA) is 88.2 Å². The number of rotatable bonds is 3. The van der Waals surface area contributed by atoms with Gasteiger partial charge in [-0.1, -0.05) is 0 Å². The first kappa shape index (κ1) is 21.0. The lowest BCUT2D eigenvalue weighted by Crippen LogP contribution is -2.49. The molecular weight excluding hydrogens is 374 g/mol. The molecule has 0 radical (unpaired) electrons. The van der Waals surface area contributed by atoms with Gasteiger partial charge in [-0.05, 0) is 51.5 Å². The average molecular weight is 403 g/mol. The van der Waals surface area contributed by atoms with Gasteiger partial charge in [-0.15, -0.1) is 0 Å². The van der Waals surface area contributed by atoms with Crippen molar-refractivity contribution < 1.29 is 23.9 Å². The minimum absolute atomic E-state index is 0.0230. The number of carbonyl (C=O) groups excluding carboxylic acids is 3. The molecule has 2 aliphatic rings. The van der Waals surface area contributed by atoms with Crippen molar-refractivity contribution in [3.8, 4) is 5.75 Å². The first-order chi connectivity index (χ1) is 13.6. The van der Waals surface area contributed by atoms with Crippen LogP contribution in [0.2, 0.25) is 0 Å². The van der Waals surface area contributed by atoms with E-state index in [1.807, 2.05) is 45.9 Å². The average Bonchev–Trinajstić information content (AvgIpc) is 2.62. The summed E-state index contributed by atoms with van der Waals surface area (Å²) in [5.74, 6) is 0.483. The normalized spacial score (nSPS) is 18.5. The Morgan fingerprint density at radius 3 is 2.41 bits per heavy atom. The zero-order chi connectivity index (χ0) is 21.2. The molecule has 0 spiro atoms. The molecule has 2 aliphatic heterocycles. The molecule has 0 aliphatic carbocycles. The van der Waals surface area contributed by atoms with Gasteiger partial charge in [0.25, 0.3) is 0 Å². The maximum absolute atomic E-state index is 12.2. The highest BCUT2D eigenvalue weighted by atomic mass is 16.6. The number of nitrogens with zero attached hydrogens (tertiary/aromatic N) is 2. The van der Waals surface area contributed by atoms with Crippen LogP contribution in [-0.4, -0.2) is 54.3 Å². The number of hydrogen-bond acceptors (Lipinski definition) is 5. The van der Waals surface area contributed by atoms with Crippen LogP contribution >= 0.6 is 0 Å². The summed E-state index contributed by atoms with van der Waals surface area (Å²) in [6.07, 6.45) is 1.50. The van der Waals surface area contributed by atoms with Gasteiger partial charge < -0.3 is 14.4 Å². The second kappa shape index (κ2) is 8.31. The lowest BCUT2D eigenvalue weighted by atomic mass is 10.1. The number of hydrogen-bond donors (Lipinski definition) is 1. The lowest BCUT2D eigenvalue weighted by molar-refractivity contribution is -0.120. The van der Waals surface area contributed by atoms with Crippen LogP contribution in [0.15, 0.2) is 18.2 Å². The van der Waals surface area contributed by atoms with E-state index in [1.54, 1.807) is 9.80 Å². The molecule has 8 nitrogen and oxygen atoms in total. The number of anilines is 1. The number of ether oxygens (including phenoxy) is 2. The number of carbonyl (C=O) groups is 3. The molecule has 29 heavy (non-hydrogen) atoms. The summed E-state index contributed by atoms with van der Waals surface area (Å²) in [4.78, 5) is 38.8. The summed E-state index contributed by atoms with van der Waals surface area (Å²) < 4.78 is 11.5. The van der Waals surface area contributed by atoms with Gasteiger partial charge in [0, 0.05) is 44.6 Å². The fraction of sp³-hybridized carbons (Fsp3) is 0.571. The predicted octanol–water partition coefficient (Wildman–Crippen LogP) is 3.22. The van der Waals surface area contributed by atoms with E-state index in [2.05, 4.69) is 5.32 Å². The van der Waals surface area contributed by atoms with E-state index >= 15 is 0 Å². The highest BCUT2D eigenvalue weighted by Gasteiger charge is 2.28. The van der Waals surface area contributed by atoms with E-state index in [0.29, 0.717) is 26.1 Å². The van der Waals surface area contributed by atoms with Crippen LogP contribution in [0.4, 0.5) is 15.3 Å². The number of amides is 4. The molecular formula is C21H29N3O5. The molecule has 4 amide bonds. The number of aryl methyl sites for hydroxylation is 1. The second-order valence-electron chi connectivity index (χ2n) is 8.49. The summed E-state index contributed by atoms with van der Waals surface area (Å²) in [6, 6.07) is 5.19. The summed E-state index contributed by atoms with van der Waals surface area (Å²) >= 11 is 0. The van der Waals surface area contributed by atoms with E-state index < -0.39 is 11.6 Å². The highest BCUT2D eigenvalue weighted by Crippen LogP contribution is 2.28. The molecule has 0 unspecified atom stereocenters. The Labute approximate surface area is 171 Å². The van der Waals surface area contributed by atoms with Crippen molar-refractivity contribution in [2.75, 3.05) is 24.5 Å². The molecule has 0 atom stereocenters. The van der Waals surface area contributed by atoms with Crippen molar-refractivity contribution in [2.45, 2.75) is 58.7 Å². The zero-order valence-electron chi connectivity index (χ0n) is 17.5. The Hall–Kier alpha value is -2.77. The quantitative estimate of drug-likeness (QED) is 0.837. The van der Waals surface area contributed by atoms with Crippen molar-refractivity contribution in [1.29, 1.82) is 0 Å². The molecule has 0 aromatic heterocycles. The molecule has 1 N–H and O–H groups in total. The van der Waals surface area contributed by atoms with Crippen LogP contribution in [0, 0.1) is 6.92 Å². The predicted molar refractivity (Wildman–Crippen MR) is 108 cm³/mol. The van der Waals surface area contributed by atoms with Gasteiger partial charge in [0.1, 0.15) is 17.5 Å². The SMILES string of the molecule is Cc1cc(OC2CCN(C(=O)OC(C)(C)C)CC2)ccc1N1CCC(=O)NC1=O. The van der Waals surface area contributed by atoms with Gasteiger partial charge in [-0.3, -0.25) is 15.0 Å². The van der Waals surface area contributed by atoms with Gasteiger partial charge in [-0.2, -0.15) is 0 Å². The highest BCUT2D eigenvalue weighted by molar-refractivity contribution is 6.05. The van der Waals surface area contributed by atoms with Crippen molar-refractivity contribution in [2.24, 2.45) is 0 Å². The van der Waals surface area contributed by atoms with Crippen molar-refractivity contribution in [3.63, 3.8) is 0 Å². The maximum atomic E-state index is 12.2. The fourth-order valence-corrected chi connectivity index (χ4v) is 3.47. The van der Waals surface area contributed by atoms with E-state index in [1.165, 1.54) is 0 Å². The number of urea groups is 1. The second-order valence-corrected chi connectivity index (χ2v) is 8.49. The van der Waals surface area contributed by atoms with Crippen molar-refractivity contribution in [1.82, 2.24) is 10.2 Å². The smallest absolute Gasteiger partial charge is 0.410 e. The molecule has 3 rings (SSSR count). The van der Waals surface area contributed by atoms with Crippen LogP contribution < -0.4 is 15.0 Å². The van der Waals surface area contributed by atoms with Crippen LogP contribution in [-0.2, 0) is 9.53 Å². The molecule has 158 valence electrons. The van der Waals surface area contributed by atoms with Gasteiger partial charge in [0.15, 0.2) is 0 Å². The van der Waals surface area contributed by atoms with Gasteiger partial charge in [-0.25, -0.2) is 9.59 Å². The number of imide groups is 1. The Kier molecular flexibility index (Phi) is 6.00. The maximum Gasteiger partial charge on any atom is 0.410 e. The first-order valence-electron chi connectivity index (χ1n) is 9.99. The standard InChI is InChI=1S/C21H29N3O5/c1-14-13-16(5-6-17(14)24-12-9-18(25)22-19(24)26)28-15-7-10-23(11-8-15)20(27)29-21(2,3)4/h5-6,13,15H,7-12H2,1-4H3,(H,22,25,26). The molecule has 2 fully saturated rings. The molecule has 1 aromatic carbocycles. The number of nitrogens with one attached hydrogen (secondary N) is 1. The van der Waals surface area contributed by atoms with Crippen LogP contribution in [0.5, 0.6) is 5.75 Å². The number of benzene rings is 1. The van der Waals surface area contributed by atoms with Gasteiger partial charge >= 0.3 is 12.1 Å². The Bertz CT molecular complexity index is 794. The van der Waals surface area contributed by atoms with E-state index in [9.17, 15) is 14.4 Å². The largest absolute Gasteiger partial charge is 0.490 e. The molecule has 2 saturated heterocycles. The summed E-state index contributed by atoms with van der Waals surface area (Å²) in [5.41, 5.74) is 1.17. The summed E-state index contributed by atoms with van der Waals surface area (Å²) in [7, 11) is 0. The molecule has 0 bridgehead atoms. The summed E-state index contributed by atoms with van der Waals surface area (Å²) in [5, 5.41) is 2.34. The van der Waals surface area contributed by atoms with Crippen molar-refractivity contribution >= 4 is 23.7 Å². The van der Waals surface area contributed by atoms with Crippen molar-refractivity contribution in [3.05, 3.63) is 23.8 Å². The minimum Gasteiger partial charge on any atom is -0.490 e.